The minimum atomic E-state index is -0.418. The Morgan fingerprint density at radius 3 is 2.60 bits per heavy atom. The van der Waals surface area contributed by atoms with E-state index in [0.29, 0.717) is 18.3 Å². The van der Waals surface area contributed by atoms with Crippen molar-refractivity contribution in [3.63, 3.8) is 0 Å². The standard InChI is InChI=1S/C22H29N5O3/c1-15-12-19(25-20(24-15)17-7-9-18(10-8-17)27(29)30)26-11-5-6-16(14-26)13-23-21(28)22(2,3)4/h7-10,12,16H,5-6,11,13-14H2,1-4H3,(H,23,28). The van der Waals surface area contributed by atoms with Crippen LogP contribution in [0, 0.1) is 28.4 Å². The van der Waals surface area contributed by atoms with E-state index in [9.17, 15) is 14.9 Å². The molecule has 0 aliphatic carbocycles. The van der Waals surface area contributed by atoms with Crippen LogP contribution in [0.5, 0.6) is 0 Å². The Labute approximate surface area is 176 Å². The van der Waals surface area contributed by atoms with Crippen LogP contribution in [0.25, 0.3) is 11.4 Å². The summed E-state index contributed by atoms with van der Waals surface area (Å²) in [5, 5.41) is 14.0. The summed E-state index contributed by atoms with van der Waals surface area (Å²) in [6, 6.07) is 8.26. The lowest BCUT2D eigenvalue weighted by Crippen LogP contribution is -2.43. The SMILES string of the molecule is Cc1cc(N2CCCC(CNC(=O)C(C)(C)C)C2)nc(-c2ccc([N+](=O)[O-])cc2)n1. The van der Waals surface area contributed by atoms with Gasteiger partial charge in [-0.15, -0.1) is 0 Å². The highest BCUT2D eigenvalue weighted by molar-refractivity contribution is 5.81. The maximum absolute atomic E-state index is 12.2. The van der Waals surface area contributed by atoms with E-state index < -0.39 is 10.3 Å². The number of non-ortho nitro benzene ring substituents is 1. The van der Waals surface area contributed by atoms with Crippen molar-refractivity contribution in [3.05, 3.63) is 46.1 Å². The molecule has 8 heteroatoms. The molecular formula is C22H29N5O3. The van der Waals surface area contributed by atoms with Crippen LogP contribution in [0.4, 0.5) is 11.5 Å². The molecule has 0 bridgehead atoms. The second kappa shape index (κ2) is 8.77. The van der Waals surface area contributed by atoms with Gasteiger partial charge in [-0.3, -0.25) is 14.9 Å². The molecule has 0 saturated carbocycles. The summed E-state index contributed by atoms with van der Waals surface area (Å²) >= 11 is 0. The predicted molar refractivity (Wildman–Crippen MR) is 116 cm³/mol. The van der Waals surface area contributed by atoms with Gasteiger partial charge in [0.2, 0.25) is 5.91 Å². The number of rotatable bonds is 5. The molecule has 3 rings (SSSR count). The molecule has 2 heterocycles. The van der Waals surface area contributed by atoms with Crippen molar-refractivity contribution in [2.45, 2.75) is 40.5 Å². The topological polar surface area (TPSA) is 101 Å². The Bertz CT molecular complexity index is 921. The third-order valence-electron chi connectivity index (χ3n) is 5.25. The molecule has 1 aliphatic heterocycles. The minimum absolute atomic E-state index is 0.0443. The molecule has 1 N–H and O–H groups in total. The second-order valence-electron chi connectivity index (χ2n) is 8.91. The predicted octanol–water partition coefficient (Wildman–Crippen LogP) is 3.74. The number of anilines is 1. The highest BCUT2D eigenvalue weighted by atomic mass is 16.6. The first-order chi connectivity index (χ1) is 14.1. The number of aryl methyl sites for hydroxylation is 1. The van der Waals surface area contributed by atoms with Gasteiger partial charge in [0.25, 0.3) is 5.69 Å². The molecule has 2 aromatic rings. The van der Waals surface area contributed by atoms with Crippen LogP contribution in [0.1, 0.15) is 39.3 Å². The number of nitro benzene ring substituents is 1. The van der Waals surface area contributed by atoms with Crippen LogP contribution in [0.2, 0.25) is 0 Å². The summed E-state index contributed by atoms with van der Waals surface area (Å²) in [7, 11) is 0. The number of hydrogen-bond donors (Lipinski definition) is 1. The van der Waals surface area contributed by atoms with Gasteiger partial charge in [0.1, 0.15) is 5.82 Å². The molecule has 8 nitrogen and oxygen atoms in total. The number of hydrogen-bond acceptors (Lipinski definition) is 6. The van der Waals surface area contributed by atoms with E-state index in [1.807, 2.05) is 33.8 Å². The van der Waals surface area contributed by atoms with Gasteiger partial charge in [0.15, 0.2) is 5.82 Å². The summed E-state index contributed by atoms with van der Waals surface area (Å²) < 4.78 is 0. The highest BCUT2D eigenvalue weighted by Gasteiger charge is 2.25. The van der Waals surface area contributed by atoms with E-state index in [0.717, 1.165) is 43.0 Å². The van der Waals surface area contributed by atoms with Crippen molar-refractivity contribution in [1.29, 1.82) is 0 Å². The van der Waals surface area contributed by atoms with Crippen LogP contribution >= 0.6 is 0 Å². The zero-order valence-corrected chi connectivity index (χ0v) is 18.0. The van der Waals surface area contributed by atoms with Crippen LogP contribution < -0.4 is 10.2 Å². The van der Waals surface area contributed by atoms with Gasteiger partial charge in [0.05, 0.1) is 4.92 Å². The van der Waals surface area contributed by atoms with E-state index in [1.165, 1.54) is 12.1 Å². The Kier molecular flexibility index (Phi) is 6.34. The van der Waals surface area contributed by atoms with Gasteiger partial charge in [-0.05, 0) is 37.8 Å². The van der Waals surface area contributed by atoms with Gasteiger partial charge in [-0.25, -0.2) is 9.97 Å². The average Bonchev–Trinajstić information content (AvgIpc) is 2.71. The molecule has 1 aliphatic rings. The number of nitrogens with zero attached hydrogens (tertiary/aromatic N) is 4. The summed E-state index contributed by atoms with van der Waals surface area (Å²) in [6.07, 6.45) is 2.10. The molecule has 1 amide bonds. The third kappa shape index (κ3) is 5.31. The van der Waals surface area contributed by atoms with E-state index in [-0.39, 0.29) is 11.6 Å². The monoisotopic (exact) mass is 411 g/mol. The fourth-order valence-electron chi connectivity index (χ4n) is 3.52. The van der Waals surface area contributed by atoms with E-state index >= 15 is 0 Å². The Balaban J connectivity index is 1.73. The number of carbonyl (C=O) groups excluding carboxylic acids is 1. The maximum Gasteiger partial charge on any atom is 0.269 e. The second-order valence-corrected chi connectivity index (χ2v) is 8.91. The Hall–Kier alpha value is -3.03. The zero-order valence-electron chi connectivity index (χ0n) is 18.0. The van der Waals surface area contributed by atoms with Crippen LogP contribution in [0.3, 0.4) is 0 Å². The summed E-state index contributed by atoms with van der Waals surface area (Å²) in [5.41, 5.74) is 1.24. The maximum atomic E-state index is 12.2. The minimum Gasteiger partial charge on any atom is -0.356 e. The van der Waals surface area contributed by atoms with Crippen molar-refractivity contribution >= 4 is 17.4 Å². The molecule has 1 unspecified atom stereocenters. The quantitative estimate of drug-likeness (QED) is 0.594. The largest absolute Gasteiger partial charge is 0.356 e. The van der Waals surface area contributed by atoms with Crippen molar-refractivity contribution in [1.82, 2.24) is 15.3 Å². The number of aromatic nitrogens is 2. The number of nitro groups is 1. The first kappa shape index (κ1) is 21.7. The van der Waals surface area contributed by atoms with E-state index in [2.05, 4.69) is 15.2 Å². The van der Waals surface area contributed by atoms with E-state index in [1.54, 1.807) is 12.1 Å². The van der Waals surface area contributed by atoms with Crippen LogP contribution in [0.15, 0.2) is 30.3 Å². The molecule has 1 saturated heterocycles. The van der Waals surface area contributed by atoms with Crippen molar-refractivity contribution < 1.29 is 9.72 Å². The molecule has 30 heavy (non-hydrogen) atoms. The van der Waals surface area contributed by atoms with Crippen LogP contribution in [-0.2, 0) is 4.79 Å². The van der Waals surface area contributed by atoms with Crippen LogP contribution in [-0.4, -0.2) is 40.4 Å². The summed E-state index contributed by atoms with van der Waals surface area (Å²) in [5.74, 6) is 1.84. The number of nitrogens with one attached hydrogen (secondary N) is 1. The molecule has 0 radical (unpaired) electrons. The number of benzene rings is 1. The highest BCUT2D eigenvalue weighted by Crippen LogP contribution is 2.26. The molecule has 1 aromatic carbocycles. The lowest BCUT2D eigenvalue weighted by molar-refractivity contribution is -0.384. The third-order valence-corrected chi connectivity index (χ3v) is 5.25. The molecule has 160 valence electrons. The van der Waals surface area contributed by atoms with Gasteiger partial charge < -0.3 is 10.2 Å². The lowest BCUT2D eigenvalue weighted by atomic mass is 9.94. The smallest absolute Gasteiger partial charge is 0.269 e. The first-order valence-electron chi connectivity index (χ1n) is 10.3. The fraction of sp³-hybridized carbons (Fsp3) is 0.500. The zero-order chi connectivity index (χ0) is 21.9. The molecular weight excluding hydrogens is 382 g/mol. The van der Waals surface area contributed by atoms with Crippen molar-refractivity contribution in [2.24, 2.45) is 11.3 Å². The average molecular weight is 412 g/mol. The number of amides is 1. The molecule has 1 aromatic heterocycles. The first-order valence-corrected chi connectivity index (χ1v) is 10.3. The molecule has 1 atom stereocenters. The van der Waals surface area contributed by atoms with Crippen molar-refractivity contribution in [2.75, 3.05) is 24.5 Å². The number of piperidine rings is 1. The Morgan fingerprint density at radius 1 is 1.27 bits per heavy atom. The van der Waals surface area contributed by atoms with Gasteiger partial charge in [-0.1, -0.05) is 20.8 Å². The summed E-state index contributed by atoms with van der Waals surface area (Å²) in [6.45, 7) is 10.0. The molecule has 1 fully saturated rings. The van der Waals surface area contributed by atoms with Crippen molar-refractivity contribution in [3.8, 4) is 11.4 Å². The molecule has 0 spiro atoms. The Morgan fingerprint density at radius 2 is 1.97 bits per heavy atom. The normalized spacial score (nSPS) is 16.9. The fourth-order valence-corrected chi connectivity index (χ4v) is 3.52. The van der Waals surface area contributed by atoms with Gasteiger partial charge >= 0.3 is 0 Å². The summed E-state index contributed by atoms with van der Waals surface area (Å²) in [4.78, 5) is 34.1. The van der Waals surface area contributed by atoms with Gasteiger partial charge in [-0.2, -0.15) is 0 Å². The van der Waals surface area contributed by atoms with Gasteiger partial charge in [0, 0.05) is 54.5 Å². The lowest BCUT2D eigenvalue weighted by Gasteiger charge is -2.34. The van der Waals surface area contributed by atoms with E-state index in [4.69, 9.17) is 4.98 Å². The number of carbonyl (C=O) groups is 1.